The van der Waals surface area contributed by atoms with Crippen molar-refractivity contribution in [3.63, 3.8) is 0 Å². The molecule has 0 atom stereocenters. The fourth-order valence-corrected chi connectivity index (χ4v) is 1.72. The maximum absolute atomic E-state index is 11.7. The van der Waals surface area contributed by atoms with Gasteiger partial charge in [0.1, 0.15) is 0 Å². The Balaban J connectivity index is 2.31. The van der Waals surface area contributed by atoms with Gasteiger partial charge in [0.25, 0.3) is 5.56 Å². The predicted octanol–water partition coefficient (Wildman–Crippen LogP) is 2.29. The summed E-state index contributed by atoms with van der Waals surface area (Å²) in [5.41, 5.74) is -0.319. The zero-order valence-electron chi connectivity index (χ0n) is 9.97. The average Bonchev–Trinajstić information content (AvgIpc) is 2.41. The fraction of sp³-hybridized carbons (Fsp3) is 0.167. The lowest BCUT2D eigenvalue weighted by Gasteiger charge is -2.08. The van der Waals surface area contributed by atoms with E-state index in [0.717, 1.165) is 0 Å². The summed E-state index contributed by atoms with van der Waals surface area (Å²) in [5, 5.41) is 0.548. The molecule has 0 unspecified atom stereocenters. The van der Waals surface area contributed by atoms with Crippen LogP contribution in [0.15, 0.2) is 40.4 Å². The number of hydrogen-bond donors (Lipinski definition) is 1. The minimum atomic E-state index is -0.319. The van der Waals surface area contributed by atoms with Gasteiger partial charge in [0, 0.05) is 0 Å². The molecule has 0 amide bonds. The summed E-state index contributed by atoms with van der Waals surface area (Å²) < 4.78 is 10.6. The first kappa shape index (κ1) is 12.5. The molecule has 2 aromatic rings. The Labute approximate surface area is 108 Å². The van der Waals surface area contributed by atoms with E-state index in [0.29, 0.717) is 16.7 Å². The van der Waals surface area contributed by atoms with Gasteiger partial charge in [-0.25, -0.2) is 4.98 Å². The second-order valence-electron chi connectivity index (χ2n) is 3.34. The Hall–Kier alpha value is -1.95. The van der Waals surface area contributed by atoms with Crippen LogP contribution in [0, 0.1) is 0 Å². The highest BCUT2D eigenvalue weighted by molar-refractivity contribution is 7.98. The van der Waals surface area contributed by atoms with E-state index >= 15 is 0 Å². The molecule has 0 saturated heterocycles. The monoisotopic (exact) mass is 264 g/mol. The van der Waals surface area contributed by atoms with E-state index in [4.69, 9.17) is 9.47 Å². The lowest BCUT2D eigenvalue weighted by Crippen LogP contribution is -2.10. The van der Waals surface area contributed by atoms with Gasteiger partial charge < -0.3 is 9.47 Å². The minimum absolute atomic E-state index is 0.136. The fourth-order valence-electron chi connectivity index (χ4n) is 1.36. The van der Waals surface area contributed by atoms with Crippen molar-refractivity contribution < 1.29 is 9.47 Å². The van der Waals surface area contributed by atoms with Crippen molar-refractivity contribution in [2.24, 2.45) is 0 Å². The number of ether oxygens (including phenoxy) is 2. The Morgan fingerprint density at radius 1 is 1.22 bits per heavy atom. The largest absolute Gasteiger partial charge is 0.493 e. The van der Waals surface area contributed by atoms with E-state index in [2.05, 4.69) is 9.97 Å². The van der Waals surface area contributed by atoms with Crippen molar-refractivity contribution in [1.82, 2.24) is 9.97 Å². The molecule has 18 heavy (non-hydrogen) atoms. The third-order valence-corrected chi connectivity index (χ3v) is 2.82. The summed E-state index contributed by atoms with van der Waals surface area (Å²) in [6, 6.07) is 7.11. The van der Waals surface area contributed by atoms with Crippen molar-refractivity contribution in [1.29, 1.82) is 0 Å². The number of para-hydroxylation sites is 2. The van der Waals surface area contributed by atoms with Gasteiger partial charge in [-0.05, 0) is 18.4 Å². The van der Waals surface area contributed by atoms with Crippen LogP contribution in [0.5, 0.6) is 17.2 Å². The molecule has 1 aromatic heterocycles. The van der Waals surface area contributed by atoms with E-state index in [-0.39, 0.29) is 11.3 Å². The summed E-state index contributed by atoms with van der Waals surface area (Å²) in [6.07, 6.45) is 3.23. The van der Waals surface area contributed by atoms with Crippen LogP contribution in [-0.4, -0.2) is 23.3 Å². The second-order valence-corrected chi connectivity index (χ2v) is 4.13. The number of nitrogens with zero attached hydrogens (tertiary/aromatic N) is 1. The third kappa shape index (κ3) is 2.65. The van der Waals surface area contributed by atoms with Gasteiger partial charge in [-0.1, -0.05) is 23.9 Å². The van der Waals surface area contributed by atoms with Crippen LogP contribution in [0.25, 0.3) is 0 Å². The van der Waals surface area contributed by atoms with E-state index in [1.54, 1.807) is 25.3 Å². The lowest BCUT2D eigenvalue weighted by molar-refractivity contribution is 0.376. The number of benzene rings is 1. The normalized spacial score (nSPS) is 10.1. The minimum Gasteiger partial charge on any atom is -0.493 e. The van der Waals surface area contributed by atoms with Crippen LogP contribution in [-0.2, 0) is 0 Å². The molecule has 0 spiro atoms. The zero-order chi connectivity index (χ0) is 13.0. The van der Waals surface area contributed by atoms with Crippen LogP contribution in [0.3, 0.4) is 0 Å². The average molecular weight is 264 g/mol. The zero-order valence-corrected chi connectivity index (χ0v) is 10.8. The number of aromatic nitrogens is 2. The second kappa shape index (κ2) is 5.59. The van der Waals surface area contributed by atoms with Crippen molar-refractivity contribution in [3.8, 4) is 17.2 Å². The van der Waals surface area contributed by atoms with Gasteiger partial charge >= 0.3 is 0 Å². The summed E-state index contributed by atoms with van der Waals surface area (Å²) in [5.74, 6) is 1.17. The quantitative estimate of drug-likeness (QED) is 0.678. The Morgan fingerprint density at radius 3 is 2.56 bits per heavy atom. The highest BCUT2D eigenvalue weighted by Gasteiger charge is 2.08. The van der Waals surface area contributed by atoms with Crippen LogP contribution < -0.4 is 15.0 Å². The molecule has 94 valence electrons. The highest BCUT2D eigenvalue weighted by atomic mass is 32.2. The van der Waals surface area contributed by atoms with Gasteiger partial charge in [0.05, 0.1) is 13.3 Å². The summed E-state index contributed by atoms with van der Waals surface area (Å²) in [4.78, 5) is 18.4. The molecule has 0 aliphatic heterocycles. The van der Waals surface area contributed by atoms with Crippen LogP contribution >= 0.6 is 11.8 Å². The first-order chi connectivity index (χ1) is 8.74. The maximum atomic E-state index is 11.7. The molecule has 0 radical (unpaired) electrons. The molecule has 0 fully saturated rings. The molecule has 1 N–H and O–H groups in total. The van der Waals surface area contributed by atoms with Crippen molar-refractivity contribution in [3.05, 3.63) is 40.8 Å². The molecular formula is C12H12N2O3S. The number of hydrogen-bond acceptors (Lipinski definition) is 5. The number of thioether (sulfide) groups is 1. The van der Waals surface area contributed by atoms with Crippen LogP contribution in [0.1, 0.15) is 0 Å². The van der Waals surface area contributed by atoms with Crippen molar-refractivity contribution in [2.75, 3.05) is 13.4 Å². The molecule has 0 aliphatic rings. The molecule has 0 saturated carbocycles. The highest BCUT2D eigenvalue weighted by Crippen LogP contribution is 2.29. The molecule has 0 aliphatic carbocycles. The van der Waals surface area contributed by atoms with Gasteiger partial charge in [-0.2, -0.15) is 0 Å². The SMILES string of the molecule is COc1ccccc1Oc1cnc(SC)[nH]c1=O. The number of H-pyrrole nitrogens is 1. The summed E-state index contributed by atoms with van der Waals surface area (Å²) in [6.45, 7) is 0. The third-order valence-electron chi connectivity index (χ3n) is 2.23. The van der Waals surface area contributed by atoms with E-state index in [1.165, 1.54) is 18.0 Å². The Morgan fingerprint density at radius 2 is 1.94 bits per heavy atom. The van der Waals surface area contributed by atoms with Gasteiger partial charge in [0.2, 0.25) is 5.75 Å². The van der Waals surface area contributed by atoms with Gasteiger partial charge in [-0.3, -0.25) is 9.78 Å². The molecule has 1 aromatic carbocycles. The molecule has 2 rings (SSSR count). The van der Waals surface area contributed by atoms with Gasteiger partial charge in [0.15, 0.2) is 16.7 Å². The Bertz CT molecular complexity index is 598. The van der Waals surface area contributed by atoms with E-state index in [9.17, 15) is 4.79 Å². The molecule has 6 heteroatoms. The maximum Gasteiger partial charge on any atom is 0.294 e. The molecular weight excluding hydrogens is 252 g/mol. The number of nitrogens with one attached hydrogen (secondary N) is 1. The summed E-state index contributed by atoms with van der Waals surface area (Å²) >= 11 is 1.36. The van der Waals surface area contributed by atoms with E-state index < -0.39 is 0 Å². The summed E-state index contributed by atoms with van der Waals surface area (Å²) in [7, 11) is 1.54. The first-order valence-electron chi connectivity index (χ1n) is 5.18. The molecule has 0 bridgehead atoms. The number of rotatable bonds is 4. The molecule has 5 nitrogen and oxygen atoms in total. The first-order valence-corrected chi connectivity index (χ1v) is 6.41. The van der Waals surface area contributed by atoms with Crippen molar-refractivity contribution in [2.45, 2.75) is 5.16 Å². The van der Waals surface area contributed by atoms with E-state index in [1.807, 2.05) is 12.3 Å². The molecule has 1 heterocycles. The topological polar surface area (TPSA) is 64.2 Å². The van der Waals surface area contributed by atoms with Crippen LogP contribution in [0.2, 0.25) is 0 Å². The number of aromatic amines is 1. The standard InChI is InChI=1S/C12H12N2O3S/c1-16-8-5-3-4-6-9(8)17-10-7-13-12(18-2)14-11(10)15/h3-7H,1-2H3,(H,13,14,15). The smallest absolute Gasteiger partial charge is 0.294 e. The van der Waals surface area contributed by atoms with Gasteiger partial charge in [-0.15, -0.1) is 0 Å². The Kier molecular flexibility index (Phi) is 3.88. The van der Waals surface area contributed by atoms with Crippen LogP contribution in [0.4, 0.5) is 0 Å². The van der Waals surface area contributed by atoms with Crippen molar-refractivity contribution >= 4 is 11.8 Å². The number of methoxy groups -OCH3 is 1. The predicted molar refractivity (Wildman–Crippen MR) is 69.7 cm³/mol. The lowest BCUT2D eigenvalue weighted by atomic mass is 10.3.